The van der Waals surface area contributed by atoms with Gasteiger partial charge < -0.3 is 15.4 Å². The van der Waals surface area contributed by atoms with E-state index in [4.69, 9.17) is 4.74 Å². The second-order valence-electron chi connectivity index (χ2n) is 6.34. The van der Waals surface area contributed by atoms with Crippen molar-refractivity contribution in [1.82, 2.24) is 5.32 Å². The molecular formula is C16H23N3O5. The summed E-state index contributed by atoms with van der Waals surface area (Å²) in [6.45, 7) is 7.35. The molecule has 0 atom stereocenters. The van der Waals surface area contributed by atoms with Crippen molar-refractivity contribution < 1.29 is 19.2 Å². The summed E-state index contributed by atoms with van der Waals surface area (Å²) >= 11 is 0. The van der Waals surface area contributed by atoms with E-state index in [0.717, 1.165) is 5.56 Å². The molecule has 0 aliphatic rings. The molecule has 0 unspecified atom stereocenters. The Bertz CT molecular complexity index is 623. The van der Waals surface area contributed by atoms with Gasteiger partial charge in [-0.3, -0.25) is 14.9 Å². The number of nitro benzene ring substituents is 1. The van der Waals surface area contributed by atoms with Crippen LogP contribution >= 0.6 is 0 Å². The van der Waals surface area contributed by atoms with Gasteiger partial charge in [-0.2, -0.15) is 0 Å². The molecule has 0 bridgehead atoms. The summed E-state index contributed by atoms with van der Waals surface area (Å²) in [6.07, 6.45) is 0.0780. The number of non-ortho nitro benzene ring substituents is 1. The fourth-order valence-electron chi connectivity index (χ4n) is 1.82. The molecule has 0 saturated carbocycles. The van der Waals surface area contributed by atoms with Gasteiger partial charge in [0, 0.05) is 25.1 Å². The van der Waals surface area contributed by atoms with Gasteiger partial charge in [-0.25, -0.2) is 4.79 Å². The predicted octanol–water partition coefficient (Wildman–Crippen LogP) is 3.15. The number of amides is 2. The Kier molecular flexibility index (Phi) is 6.69. The number of rotatable bonds is 6. The van der Waals surface area contributed by atoms with E-state index in [0.29, 0.717) is 18.7 Å². The number of anilines is 1. The van der Waals surface area contributed by atoms with Crippen LogP contribution in [0.15, 0.2) is 18.2 Å². The molecule has 24 heavy (non-hydrogen) atoms. The van der Waals surface area contributed by atoms with E-state index in [1.54, 1.807) is 33.8 Å². The molecule has 0 aliphatic heterocycles. The summed E-state index contributed by atoms with van der Waals surface area (Å²) in [5.74, 6) is -0.274. The minimum atomic E-state index is -0.568. The fourth-order valence-corrected chi connectivity index (χ4v) is 1.82. The topological polar surface area (TPSA) is 111 Å². The van der Waals surface area contributed by atoms with Crippen LogP contribution in [0, 0.1) is 17.0 Å². The number of aryl methyl sites for hydroxylation is 1. The van der Waals surface area contributed by atoms with Crippen LogP contribution in [-0.4, -0.2) is 29.1 Å². The largest absolute Gasteiger partial charge is 0.444 e. The summed E-state index contributed by atoms with van der Waals surface area (Å²) < 4.78 is 5.08. The third-order valence-electron chi connectivity index (χ3n) is 2.95. The van der Waals surface area contributed by atoms with E-state index in [1.165, 1.54) is 12.1 Å². The average Bonchev–Trinajstić information content (AvgIpc) is 2.44. The SMILES string of the molecule is Cc1ccc([N+](=O)[O-])cc1NC(=O)CCCNC(=O)OC(C)(C)C. The van der Waals surface area contributed by atoms with Gasteiger partial charge in [0.2, 0.25) is 5.91 Å². The number of carbonyl (C=O) groups is 2. The van der Waals surface area contributed by atoms with Crippen LogP contribution in [0.5, 0.6) is 0 Å². The molecule has 8 nitrogen and oxygen atoms in total. The van der Waals surface area contributed by atoms with Gasteiger partial charge in [-0.15, -0.1) is 0 Å². The zero-order valence-electron chi connectivity index (χ0n) is 14.3. The van der Waals surface area contributed by atoms with Crippen LogP contribution in [0.2, 0.25) is 0 Å². The number of benzene rings is 1. The summed E-state index contributed by atoms with van der Waals surface area (Å²) in [7, 11) is 0. The number of nitrogens with zero attached hydrogens (tertiary/aromatic N) is 1. The summed E-state index contributed by atoms with van der Waals surface area (Å²) in [4.78, 5) is 33.6. The number of nitro groups is 1. The molecule has 2 amide bonds. The first kappa shape index (κ1) is 19.4. The Morgan fingerprint density at radius 2 is 1.96 bits per heavy atom. The highest BCUT2D eigenvalue weighted by Gasteiger charge is 2.15. The van der Waals surface area contributed by atoms with E-state index < -0.39 is 16.6 Å². The summed E-state index contributed by atoms with van der Waals surface area (Å²) in [6, 6.07) is 4.29. The Balaban J connectivity index is 2.41. The highest BCUT2D eigenvalue weighted by molar-refractivity contribution is 5.91. The number of ether oxygens (including phenoxy) is 1. The molecule has 2 N–H and O–H groups in total. The van der Waals surface area contributed by atoms with Crippen molar-refractivity contribution >= 4 is 23.4 Å². The Morgan fingerprint density at radius 1 is 1.29 bits per heavy atom. The lowest BCUT2D eigenvalue weighted by Crippen LogP contribution is -2.33. The monoisotopic (exact) mass is 337 g/mol. The molecule has 1 aromatic rings. The van der Waals surface area contributed by atoms with Crippen molar-refractivity contribution in [3.8, 4) is 0 Å². The van der Waals surface area contributed by atoms with Crippen molar-refractivity contribution in [2.24, 2.45) is 0 Å². The number of alkyl carbamates (subject to hydrolysis) is 1. The normalized spacial score (nSPS) is 10.8. The molecule has 0 aliphatic carbocycles. The van der Waals surface area contributed by atoms with Gasteiger partial charge in [0.25, 0.3) is 5.69 Å². The van der Waals surface area contributed by atoms with Crippen LogP contribution in [-0.2, 0) is 9.53 Å². The predicted molar refractivity (Wildman–Crippen MR) is 89.9 cm³/mol. The second kappa shape index (κ2) is 8.28. The van der Waals surface area contributed by atoms with Gasteiger partial charge in [-0.1, -0.05) is 6.07 Å². The van der Waals surface area contributed by atoms with E-state index in [2.05, 4.69) is 10.6 Å². The number of hydrogen-bond donors (Lipinski definition) is 2. The van der Waals surface area contributed by atoms with Gasteiger partial charge in [-0.05, 0) is 39.7 Å². The first-order chi connectivity index (χ1) is 11.1. The second-order valence-corrected chi connectivity index (χ2v) is 6.34. The maximum Gasteiger partial charge on any atom is 0.407 e. The van der Waals surface area contributed by atoms with E-state index >= 15 is 0 Å². The molecule has 0 heterocycles. The zero-order chi connectivity index (χ0) is 18.3. The van der Waals surface area contributed by atoms with E-state index in [9.17, 15) is 19.7 Å². The molecular weight excluding hydrogens is 314 g/mol. The van der Waals surface area contributed by atoms with Gasteiger partial charge >= 0.3 is 6.09 Å². The van der Waals surface area contributed by atoms with Gasteiger partial charge in [0.1, 0.15) is 5.60 Å². The van der Waals surface area contributed by atoms with Crippen LogP contribution in [0.1, 0.15) is 39.2 Å². The molecule has 1 aromatic carbocycles. The molecule has 1 rings (SSSR count). The Morgan fingerprint density at radius 3 is 2.54 bits per heavy atom. The lowest BCUT2D eigenvalue weighted by Gasteiger charge is -2.19. The smallest absolute Gasteiger partial charge is 0.407 e. The highest BCUT2D eigenvalue weighted by atomic mass is 16.6. The zero-order valence-corrected chi connectivity index (χ0v) is 14.3. The average molecular weight is 337 g/mol. The molecule has 0 spiro atoms. The first-order valence-corrected chi connectivity index (χ1v) is 7.60. The minimum Gasteiger partial charge on any atom is -0.444 e. The summed E-state index contributed by atoms with van der Waals surface area (Å²) in [5.41, 5.74) is 0.499. The third-order valence-corrected chi connectivity index (χ3v) is 2.95. The van der Waals surface area contributed by atoms with Crippen molar-refractivity contribution in [2.45, 2.75) is 46.1 Å². The molecule has 0 aromatic heterocycles. The molecule has 0 fully saturated rings. The minimum absolute atomic E-state index is 0.0810. The van der Waals surface area contributed by atoms with E-state index in [-0.39, 0.29) is 18.0 Å². The van der Waals surface area contributed by atoms with Gasteiger partial charge in [0.15, 0.2) is 0 Å². The number of nitrogens with one attached hydrogen (secondary N) is 2. The van der Waals surface area contributed by atoms with E-state index in [1.807, 2.05) is 0 Å². The lowest BCUT2D eigenvalue weighted by atomic mass is 10.1. The maximum absolute atomic E-state index is 11.9. The molecule has 8 heteroatoms. The quantitative estimate of drug-likeness (QED) is 0.470. The number of carbonyl (C=O) groups excluding carboxylic acids is 2. The fraction of sp³-hybridized carbons (Fsp3) is 0.500. The standard InChI is InChI=1S/C16H23N3O5/c1-11-7-8-12(19(22)23)10-13(11)18-14(20)6-5-9-17-15(21)24-16(2,3)4/h7-8,10H,5-6,9H2,1-4H3,(H,17,21)(H,18,20). The van der Waals surface area contributed by atoms with Crippen LogP contribution in [0.4, 0.5) is 16.2 Å². The molecule has 132 valence electrons. The third kappa shape index (κ3) is 7.08. The van der Waals surface area contributed by atoms with Gasteiger partial charge in [0.05, 0.1) is 10.6 Å². The Hall–Kier alpha value is -2.64. The van der Waals surface area contributed by atoms with Crippen LogP contribution in [0.25, 0.3) is 0 Å². The maximum atomic E-state index is 11.9. The summed E-state index contributed by atoms with van der Waals surface area (Å²) in [5, 5.41) is 16.0. The van der Waals surface area contributed by atoms with Crippen LogP contribution in [0.3, 0.4) is 0 Å². The van der Waals surface area contributed by atoms with Crippen molar-refractivity contribution in [3.05, 3.63) is 33.9 Å². The van der Waals surface area contributed by atoms with Crippen LogP contribution < -0.4 is 10.6 Å². The lowest BCUT2D eigenvalue weighted by molar-refractivity contribution is -0.384. The first-order valence-electron chi connectivity index (χ1n) is 7.60. The van der Waals surface area contributed by atoms with Crippen molar-refractivity contribution in [1.29, 1.82) is 0 Å². The highest BCUT2D eigenvalue weighted by Crippen LogP contribution is 2.22. The molecule has 0 radical (unpaired) electrons. The Labute approximate surface area is 140 Å². The number of hydrogen-bond acceptors (Lipinski definition) is 5. The van der Waals surface area contributed by atoms with Crippen molar-refractivity contribution in [2.75, 3.05) is 11.9 Å². The van der Waals surface area contributed by atoms with Crippen molar-refractivity contribution in [3.63, 3.8) is 0 Å². The molecule has 0 saturated heterocycles.